The molecule has 0 N–H and O–H groups in total. The first-order valence-electron chi connectivity index (χ1n) is 6.09. The van der Waals surface area contributed by atoms with Gasteiger partial charge in [-0.05, 0) is 38.1 Å². The number of rotatable bonds is 6. The molecule has 0 atom stereocenters. The zero-order valence-corrected chi connectivity index (χ0v) is 10.9. The second kappa shape index (κ2) is 5.71. The number of allylic oxidation sites excluding steroid dienone is 1. The van der Waals surface area contributed by atoms with Crippen molar-refractivity contribution in [3.63, 3.8) is 0 Å². The summed E-state index contributed by atoms with van der Waals surface area (Å²) in [4.78, 5) is 2.70. The van der Waals surface area contributed by atoms with Crippen molar-refractivity contribution in [1.29, 1.82) is 0 Å². The third-order valence-corrected chi connectivity index (χ3v) is 9.11. The highest BCUT2D eigenvalue weighted by Gasteiger charge is 2.30. The van der Waals surface area contributed by atoms with Crippen LogP contribution in [0.25, 0.3) is 0 Å². The summed E-state index contributed by atoms with van der Waals surface area (Å²) in [5.41, 5.74) is 0. The fourth-order valence-corrected chi connectivity index (χ4v) is 6.08. The average Bonchev–Trinajstić information content (AvgIpc) is 2.69. The van der Waals surface area contributed by atoms with Crippen molar-refractivity contribution in [3.8, 4) is 0 Å². The van der Waals surface area contributed by atoms with Crippen LogP contribution in [-0.4, -0.2) is 32.2 Å². The predicted molar refractivity (Wildman–Crippen MR) is 67.4 cm³/mol. The van der Waals surface area contributed by atoms with Gasteiger partial charge in [0.1, 0.15) is 0 Å². The van der Waals surface area contributed by atoms with Gasteiger partial charge in [0.2, 0.25) is 0 Å². The first-order valence-corrected chi connectivity index (χ1v) is 8.92. The Kier molecular flexibility index (Phi) is 4.89. The lowest BCUT2D eigenvalue weighted by Gasteiger charge is -2.32. The fraction of sp³-hybridized carbons (Fsp3) is 0.833. The van der Waals surface area contributed by atoms with Gasteiger partial charge in [0.15, 0.2) is 0 Å². The Labute approximate surface area is 90.2 Å². The topological polar surface area (TPSA) is 3.24 Å². The number of likely N-dealkylation sites (tertiary alicyclic amines) is 1. The van der Waals surface area contributed by atoms with Crippen molar-refractivity contribution in [3.05, 3.63) is 12.7 Å². The Hall–Kier alpha value is -0.0831. The van der Waals surface area contributed by atoms with E-state index in [4.69, 9.17) is 0 Å². The number of nitrogens with zero attached hydrogens (tertiary/aromatic N) is 1. The van der Waals surface area contributed by atoms with Gasteiger partial charge in [-0.25, -0.2) is 0 Å². The van der Waals surface area contributed by atoms with Crippen LogP contribution in [0.5, 0.6) is 0 Å². The molecule has 0 aliphatic carbocycles. The van der Waals surface area contributed by atoms with E-state index in [1.54, 1.807) is 0 Å². The molecule has 1 rings (SSSR count). The van der Waals surface area contributed by atoms with Crippen LogP contribution in [0.4, 0.5) is 0 Å². The molecule has 1 nitrogen and oxygen atoms in total. The van der Waals surface area contributed by atoms with E-state index in [1.807, 2.05) is 0 Å². The van der Waals surface area contributed by atoms with Crippen molar-refractivity contribution < 1.29 is 0 Å². The monoisotopic (exact) mass is 211 g/mol. The highest BCUT2D eigenvalue weighted by molar-refractivity contribution is 6.80. The summed E-state index contributed by atoms with van der Waals surface area (Å²) in [6.07, 6.45) is 6.43. The Balaban J connectivity index is 2.51. The molecular formula is C12H25NSi. The lowest BCUT2D eigenvalue weighted by molar-refractivity contribution is 0.387. The minimum atomic E-state index is -1.00. The molecular weight excluding hydrogens is 186 g/mol. The normalized spacial score (nSPS) is 18.7. The molecule has 0 spiro atoms. The summed E-state index contributed by atoms with van der Waals surface area (Å²) in [7, 11) is -1.00. The maximum Gasteiger partial charge on any atom is 0.0722 e. The smallest absolute Gasteiger partial charge is 0.0722 e. The van der Waals surface area contributed by atoms with E-state index in [9.17, 15) is 0 Å². The summed E-state index contributed by atoms with van der Waals surface area (Å²) in [5, 5.41) is 0. The lowest BCUT2D eigenvalue weighted by atomic mass is 10.4. The summed E-state index contributed by atoms with van der Waals surface area (Å²) >= 11 is 0. The molecule has 1 heterocycles. The fourth-order valence-electron chi connectivity index (χ4n) is 2.55. The van der Waals surface area contributed by atoms with Crippen LogP contribution in [0, 0.1) is 0 Å². The van der Waals surface area contributed by atoms with Crippen LogP contribution in [-0.2, 0) is 0 Å². The van der Waals surface area contributed by atoms with Gasteiger partial charge in [0, 0.05) is 0 Å². The van der Waals surface area contributed by atoms with Gasteiger partial charge in [-0.3, -0.25) is 0 Å². The number of hydrogen-bond donors (Lipinski definition) is 0. The molecule has 82 valence electrons. The molecule has 0 aromatic rings. The Morgan fingerprint density at radius 2 is 1.79 bits per heavy atom. The zero-order chi connectivity index (χ0) is 10.4. The van der Waals surface area contributed by atoms with Crippen molar-refractivity contribution in [2.45, 2.75) is 44.8 Å². The van der Waals surface area contributed by atoms with E-state index in [2.05, 4.69) is 31.4 Å². The van der Waals surface area contributed by atoms with E-state index in [0.717, 1.165) is 0 Å². The molecule has 0 radical (unpaired) electrons. The van der Waals surface area contributed by atoms with Crippen molar-refractivity contribution in [1.82, 2.24) is 4.90 Å². The Morgan fingerprint density at radius 3 is 2.21 bits per heavy atom. The summed E-state index contributed by atoms with van der Waals surface area (Å²) < 4.78 is 0. The van der Waals surface area contributed by atoms with E-state index < -0.39 is 8.07 Å². The van der Waals surface area contributed by atoms with Gasteiger partial charge in [-0.1, -0.05) is 32.0 Å². The number of hydrogen-bond acceptors (Lipinski definition) is 1. The molecule has 0 unspecified atom stereocenters. The van der Waals surface area contributed by atoms with E-state index in [-0.39, 0.29) is 0 Å². The molecule has 1 fully saturated rings. The average molecular weight is 211 g/mol. The minimum Gasteiger partial charge on any atom is -0.306 e. The molecule has 1 aliphatic heterocycles. The second-order valence-electron chi connectivity index (χ2n) is 4.68. The van der Waals surface area contributed by atoms with Gasteiger partial charge in [0.05, 0.1) is 8.07 Å². The van der Waals surface area contributed by atoms with Crippen LogP contribution >= 0.6 is 0 Å². The third-order valence-electron chi connectivity index (χ3n) is 3.84. The molecule has 0 aromatic heterocycles. The lowest BCUT2D eigenvalue weighted by Crippen LogP contribution is -2.45. The Bertz CT molecular complexity index is 169. The molecule has 2 heteroatoms. The summed E-state index contributed by atoms with van der Waals surface area (Å²) in [6.45, 7) is 11.4. The molecule has 1 saturated heterocycles. The van der Waals surface area contributed by atoms with Gasteiger partial charge < -0.3 is 4.90 Å². The first-order chi connectivity index (χ1) is 6.76. The van der Waals surface area contributed by atoms with Crippen molar-refractivity contribution in [2.24, 2.45) is 0 Å². The summed E-state index contributed by atoms with van der Waals surface area (Å²) in [6, 6.07) is 4.16. The molecule has 1 aliphatic rings. The van der Waals surface area contributed by atoms with Crippen LogP contribution in [0.1, 0.15) is 26.7 Å². The zero-order valence-electron chi connectivity index (χ0n) is 9.89. The highest BCUT2D eigenvalue weighted by Crippen LogP contribution is 2.24. The van der Waals surface area contributed by atoms with Crippen molar-refractivity contribution in [2.75, 3.05) is 19.3 Å². The van der Waals surface area contributed by atoms with Crippen LogP contribution in [0.2, 0.25) is 18.1 Å². The van der Waals surface area contributed by atoms with Gasteiger partial charge in [0.25, 0.3) is 0 Å². The minimum absolute atomic E-state index is 1.00. The largest absolute Gasteiger partial charge is 0.306 e. The SMILES string of the molecule is C=CC[Si](CC)(CC)CN1CCCC1. The molecule has 0 bridgehead atoms. The maximum atomic E-state index is 3.93. The van der Waals surface area contributed by atoms with E-state index >= 15 is 0 Å². The first kappa shape index (κ1) is 12.0. The van der Waals surface area contributed by atoms with Gasteiger partial charge in [-0.15, -0.1) is 6.58 Å². The predicted octanol–water partition coefficient (Wildman–Crippen LogP) is 3.30. The molecule has 0 amide bonds. The van der Waals surface area contributed by atoms with E-state index in [0.29, 0.717) is 0 Å². The Morgan fingerprint density at radius 1 is 1.21 bits per heavy atom. The van der Waals surface area contributed by atoms with Crippen molar-refractivity contribution >= 4 is 8.07 Å². The quantitative estimate of drug-likeness (QED) is 0.481. The van der Waals surface area contributed by atoms with Crippen LogP contribution in [0.3, 0.4) is 0 Å². The maximum absolute atomic E-state index is 3.93. The van der Waals surface area contributed by atoms with Gasteiger partial charge in [-0.2, -0.15) is 0 Å². The standard InChI is InChI=1S/C12H25NSi/c1-4-11-14(5-2,6-3)12-13-9-7-8-10-13/h4H,1,5-12H2,2-3H3. The van der Waals surface area contributed by atoms with Crippen LogP contribution < -0.4 is 0 Å². The van der Waals surface area contributed by atoms with Gasteiger partial charge >= 0.3 is 0 Å². The molecule has 0 saturated carbocycles. The second-order valence-corrected chi connectivity index (χ2v) is 9.82. The van der Waals surface area contributed by atoms with Crippen LogP contribution in [0.15, 0.2) is 12.7 Å². The van der Waals surface area contributed by atoms with E-state index in [1.165, 1.54) is 50.2 Å². The molecule has 14 heavy (non-hydrogen) atoms. The summed E-state index contributed by atoms with van der Waals surface area (Å²) in [5.74, 6) is 0. The molecule has 0 aromatic carbocycles. The highest BCUT2D eigenvalue weighted by atomic mass is 28.3. The third kappa shape index (κ3) is 2.96.